The third kappa shape index (κ3) is 4.55. The van der Waals surface area contributed by atoms with Crippen molar-refractivity contribution in [1.82, 2.24) is 10.5 Å². The highest BCUT2D eigenvalue weighted by Crippen LogP contribution is 2.21. The molecule has 22 heavy (non-hydrogen) atoms. The number of aliphatic hydroxyl groups excluding tert-OH is 1. The van der Waals surface area contributed by atoms with E-state index in [9.17, 15) is 0 Å². The third-order valence-corrected chi connectivity index (χ3v) is 3.77. The summed E-state index contributed by atoms with van der Waals surface area (Å²) >= 11 is 5.88. The smallest absolute Gasteiger partial charge is 0.151 e. The van der Waals surface area contributed by atoms with Crippen molar-refractivity contribution in [2.24, 2.45) is 0 Å². The van der Waals surface area contributed by atoms with Gasteiger partial charge in [0.15, 0.2) is 5.76 Å². The molecule has 2 rings (SSSR count). The molecule has 0 aliphatic carbocycles. The minimum absolute atomic E-state index is 0.0965. The molecule has 0 fully saturated rings. The molecule has 0 saturated heterocycles. The van der Waals surface area contributed by atoms with E-state index in [-0.39, 0.29) is 12.1 Å². The SMILES string of the molecule is COCC(C)(CCO)NCc1cc(-c2ccc(Cl)cc2)no1. The first-order valence-electron chi connectivity index (χ1n) is 7.13. The summed E-state index contributed by atoms with van der Waals surface area (Å²) in [5.74, 6) is 0.727. The minimum Gasteiger partial charge on any atom is -0.396 e. The Hall–Kier alpha value is -1.40. The molecule has 1 atom stereocenters. The van der Waals surface area contributed by atoms with Crippen LogP contribution in [-0.2, 0) is 11.3 Å². The molecule has 0 spiro atoms. The van der Waals surface area contributed by atoms with E-state index in [1.165, 1.54) is 0 Å². The fourth-order valence-corrected chi connectivity index (χ4v) is 2.36. The van der Waals surface area contributed by atoms with Gasteiger partial charge in [-0.1, -0.05) is 28.9 Å². The molecule has 5 nitrogen and oxygen atoms in total. The molecule has 1 heterocycles. The number of hydrogen-bond acceptors (Lipinski definition) is 5. The van der Waals surface area contributed by atoms with Crippen LogP contribution < -0.4 is 5.32 Å². The first-order chi connectivity index (χ1) is 10.6. The molecule has 0 radical (unpaired) electrons. The van der Waals surface area contributed by atoms with Crippen molar-refractivity contribution >= 4 is 11.6 Å². The van der Waals surface area contributed by atoms with Gasteiger partial charge in [-0.05, 0) is 25.5 Å². The molecule has 1 aromatic carbocycles. The van der Waals surface area contributed by atoms with E-state index in [1.807, 2.05) is 37.3 Å². The largest absolute Gasteiger partial charge is 0.396 e. The highest BCUT2D eigenvalue weighted by molar-refractivity contribution is 6.30. The zero-order chi connectivity index (χ0) is 16.0. The lowest BCUT2D eigenvalue weighted by atomic mass is 9.99. The van der Waals surface area contributed by atoms with Gasteiger partial charge in [-0.25, -0.2) is 0 Å². The number of hydrogen-bond donors (Lipinski definition) is 2. The maximum atomic E-state index is 9.16. The number of aliphatic hydroxyl groups is 1. The van der Waals surface area contributed by atoms with Crippen LogP contribution >= 0.6 is 11.6 Å². The van der Waals surface area contributed by atoms with Crippen molar-refractivity contribution in [1.29, 1.82) is 0 Å². The van der Waals surface area contributed by atoms with Gasteiger partial charge < -0.3 is 19.7 Å². The van der Waals surface area contributed by atoms with Crippen LogP contribution in [0.25, 0.3) is 11.3 Å². The Bertz CT molecular complexity index is 577. The molecule has 0 amide bonds. The van der Waals surface area contributed by atoms with E-state index < -0.39 is 0 Å². The monoisotopic (exact) mass is 324 g/mol. The number of benzene rings is 1. The molecule has 120 valence electrons. The summed E-state index contributed by atoms with van der Waals surface area (Å²) in [5.41, 5.74) is 1.41. The van der Waals surface area contributed by atoms with E-state index in [1.54, 1.807) is 7.11 Å². The number of aromatic nitrogens is 1. The molecule has 0 aliphatic rings. The lowest BCUT2D eigenvalue weighted by molar-refractivity contribution is 0.0951. The summed E-state index contributed by atoms with van der Waals surface area (Å²) in [6.45, 7) is 3.12. The van der Waals surface area contributed by atoms with Gasteiger partial charge >= 0.3 is 0 Å². The quantitative estimate of drug-likeness (QED) is 0.781. The molecular weight excluding hydrogens is 304 g/mol. The Morgan fingerprint density at radius 2 is 2.09 bits per heavy atom. The first kappa shape index (κ1) is 17.0. The highest BCUT2D eigenvalue weighted by Gasteiger charge is 2.23. The van der Waals surface area contributed by atoms with Gasteiger partial charge in [0.2, 0.25) is 0 Å². The van der Waals surface area contributed by atoms with Gasteiger partial charge in [-0.2, -0.15) is 0 Å². The summed E-state index contributed by atoms with van der Waals surface area (Å²) in [5, 5.41) is 17.3. The molecule has 0 bridgehead atoms. The zero-order valence-corrected chi connectivity index (χ0v) is 13.6. The highest BCUT2D eigenvalue weighted by atomic mass is 35.5. The van der Waals surface area contributed by atoms with Gasteiger partial charge in [0.1, 0.15) is 5.69 Å². The van der Waals surface area contributed by atoms with Gasteiger partial charge in [0.05, 0.1) is 13.2 Å². The second-order valence-electron chi connectivity index (χ2n) is 5.51. The van der Waals surface area contributed by atoms with Crippen molar-refractivity contribution in [2.75, 3.05) is 20.3 Å². The molecule has 2 N–H and O–H groups in total. The second-order valence-corrected chi connectivity index (χ2v) is 5.94. The van der Waals surface area contributed by atoms with Crippen molar-refractivity contribution in [3.05, 3.63) is 41.1 Å². The van der Waals surface area contributed by atoms with Crippen LogP contribution in [0, 0.1) is 0 Å². The number of halogens is 1. The molecular formula is C16H21ClN2O3. The molecule has 1 unspecified atom stereocenters. The Kier molecular flexibility index (Phi) is 5.97. The van der Waals surface area contributed by atoms with E-state index >= 15 is 0 Å². The Morgan fingerprint density at radius 1 is 1.36 bits per heavy atom. The van der Waals surface area contributed by atoms with E-state index in [0.29, 0.717) is 24.6 Å². The molecule has 0 aliphatic heterocycles. The normalized spacial score (nSPS) is 14.0. The molecule has 2 aromatic rings. The number of rotatable bonds is 8. The third-order valence-electron chi connectivity index (χ3n) is 3.51. The van der Waals surface area contributed by atoms with Crippen LogP contribution in [0.1, 0.15) is 19.1 Å². The van der Waals surface area contributed by atoms with Crippen LogP contribution in [0.5, 0.6) is 0 Å². The summed E-state index contributed by atoms with van der Waals surface area (Å²) in [7, 11) is 1.64. The van der Waals surface area contributed by atoms with Crippen LogP contribution in [0.15, 0.2) is 34.9 Å². The first-order valence-corrected chi connectivity index (χ1v) is 7.50. The lowest BCUT2D eigenvalue weighted by Gasteiger charge is -2.29. The number of nitrogens with zero attached hydrogens (tertiary/aromatic N) is 1. The average molecular weight is 325 g/mol. The van der Waals surface area contributed by atoms with Crippen molar-refractivity contribution in [3.8, 4) is 11.3 Å². The maximum absolute atomic E-state index is 9.16. The molecule has 1 aromatic heterocycles. The predicted molar refractivity (Wildman–Crippen MR) is 85.8 cm³/mol. The summed E-state index contributed by atoms with van der Waals surface area (Å²) in [6.07, 6.45) is 0.596. The van der Waals surface area contributed by atoms with E-state index in [0.717, 1.165) is 17.0 Å². The van der Waals surface area contributed by atoms with Crippen LogP contribution in [0.4, 0.5) is 0 Å². The van der Waals surface area contributed by atoms with Gasteiger partial charge in [-0.3, -0.25) is 0 Å². The van der Waals surface area contributed by atoms with Crippen LogP contribution in [-0.4, -0.2) is 36.1 Å². The Morgan fingerprint density at radius 3 is 2.73 bits per heavy atom. The average Bonchev–Trinajstić information content (AvgIpc) is 2.96. The van der Waals surface area contributed by atoms with Crippen LogP contribution in [0.3, 0.4) is 0 Å². The maximum Gasteiger partial charge on any atom is 0.151 e. The summed E-state index contributed by atoms with van der Waals surface area (Å²) < 4.78 is 10.6. The van der Waals surface area contributed by atoms with Crippen molar-refractivity contribution < 1.29 is 14.4 Å². The summed E-state index contributed by atoms with van der Waals surface area (Å²) in [6, 6.07) is 9.33. The minimum atomic E-state index is -0.309. The van der Waals surface area contributed by atoms with Crippen molar-refractivity contribution in [3.63, 3.8) is 0 Å². The number of nitrogens with one attached hydrogen (secondary N) is 1. The van der Waals surface area contributed by atoms with E-state index in [2.05, 4.69) is 10.5 Å². The van der Waals surface area contributed by atoms with Crippen LogP contribution in [0.2, 0.25) is 5.02 Å². The van der Waals surface area contributed by atoms with Gasteiger partial charge in [0, 0.05) is 35.9 Å². The fraction of sp³-hybridized carbons (Fsp3) is 0.438. The zero-order valence-electron chi connectivity index (χ0n) is 12.8. The molecule has 6 heteroatoms. The van der Waals surface area contributed by atoms with Gasteiger partial charge in [0.25, 0.3) is 0 Å². The predicted octanol–water partition coefficient (Wildman–Crippen LogP) is 2.87. The summed E-state index contributed by atoms with van der Waals surface area (Å²) in [4.78, 5) is 0. The lowest BCUT2D eigenvalue weighted by Crippen LogP contribution is -2.46. The Balaban J connectivity index is 2.01. The van der Waals surface area contributed by atoms with E-state index in [4.69, 9.17) is 26.0 Å². The number of ether oxygens (including phenoxy) is 1. The topological polar surface area (TPSA) is 67.5 Å². The van der Waals surface area contributed by atoms with Crippen molar-refractivity contribution in [2.45, 2.75) is 25.4 Å². The molecule has 0 saturated carbocycles. The van der Waals surface area contributed by atoms with Gasteiger partial charge in [-0.15, -0.1) is 0 Å². The second kappa shape index (κ2) is 7.74. The standard InChI is InChI=1S/C16H21ClN2O3/c1-16(7-8-20,11-21-2)18-10-14-9-15(19-22-14)12-3-5-13(17)6-4-12/h3-6,9,18,20H,7-8,10-11H2,1-2H3. The number of methoxy groups -OCH3 is 1. The Labute approximate surface area is 135 Å². The fourth-order valence-electron chi connectivity index (χ4n) is 2.23.